The van der Waals surface area contributed by atoms with Crippen molar-refractivity contribution in [2.45, 2.75) is 33.1 Å². The van der Waals surface area contributed by atoms with Crippen LogP contribution in [0.5, 0.6) is 0 Å². The van der Waals surface area contributed by atoms with E-state index in [1.165, 1.54) is 0 Å². The second kappa shape index (κ2) is 3.84. The van der Waals surface area contributed by atoms with E-state index in [1.54, 1.807) is 0 Å². The molecule has 1 aliphatic rings. The molecule has 0 aliphatic carbocycles. The molecule has 1 saturated heterocycles. The summed E-state index contributed by atoms with van der Waals surface area (Å²) in [5, 5.41) is 0. The van der Waals surface area contributed by atoms with Crippen molar-refractivity contribution < 1.29 is 14.3 Å². The van der Waals surface area contributed by atoms with Crippen molar-refractivity contribution in [3.05, 3.63) is 0 Å². The highest BCUT2D eigenvalue weighted by atomic mass is 28.1. The average Bonchev–Trinajstić information content (AvgIpc) is 2.27. The second-order valence-electron chi connectivity index (χ2n) is 2.93. The molecule has 70 valence electrons. The Morgan fingerprint density at radius 2 is 1.83 bits per heavy atom. The number of rotatable bonds is 2. The summed E-state index contributed by atoms with van der Waals surface area (Å²) in [5.74, 6) is -0.716. The monoisotopic (exact) mass is 188 g/mol. The Hall–Kier alpha value is -0.643. The van der Waals surface area contributed by atoms with Crippen molar-refractivity contribution in [2.24, 2.45) is 5.41 Å². The Balaban J connectivity index is 0.00000121. The molecule has 0 aromatic carbocycles. The molecule has 1 heterocycles. The highest BCUT2D eigenvalue weighted by Crippen LogP contribution is 2.37. The van der Waals surface area contributed by atoms with E-state index in [0.717, 1.165) is 0 Å². The fraction of sp³-hybridized carbons (Fsp3) is 0.750. The molecule has 0 aromatic rings. The van der Waals surface area contributed by atoms with Crippen LogP contribution in [0, 0.1) is 5.41 Å². The minimum atomic E-state index is -0.503. The normalized spacial score (nSPS) is 20.2. The summed E-state index contributed by atoms with van der Waals surface area (Å²) in [6.45, 7) is 3.81. The molecule has 0 atom stereocenters. The summed E-state index contributed by atoms with van der Waals surface area (Å²) >= 11 is 0. The highest BCUT2D eigenvalue weighted by molar-refractivity contribution is 5.97. The molecule has 0 bridgehead atoms. The maximum absolute atomic E-state index is 11.1. The van der Waals surface area contributed by atoms with E-state index in [-0.39, 0.29) is 29.3 Å². The Kier molecular flexibility index (Phi) is 3.64. The van der Waals surface area contributed by atoms with Crippen LogP contribution in [-0.4, -0.2) is 22.9 Å². The summed E-state index contributed by atoms with van der Waals surface area (Å²) < 4.78 is 4.48. The lowest BCUT2D eigenvalue weighted by Crippen LogP contribution is -2.24. The highest BCUT2D eigenvalue weighted by Gasteiger charge is 2.46. The van der Waals surface area contributed by atoms with Crippen LogP contribution in [-0.2, 0) is 14.3 Å². The molecule has 0 saturated carbocycles. The first-order valence-electron chi connectivity index (χ1n) is 3.89. The van der Waals surface area contributed by atoms with Crippen molar-refractivity contribution in [3.8, 4) is 0 Å². The predicted octanol–water partition coefficient (Wildman–Crippen LogP) is -0.185. The lowest BCUT2D eigenvalue weighted by molar-refractivity contribution is -0.155. The maximum atomic E-state index is 11.1. The van der Waals surface area contributed by atoms with Gasteiger partial charge in [-0.2, -0.15) is 0 Å². The molecule has 0 unspecified atom stereocenters. The minimum Gasteiger partial charge on any atom is -0.393 e. The summed E-state index contributed by atoms with van der Waals surface area (Å²) in [6, 6.07) is 0. The van der Waals surface area contributed by atoms with Gasteiger partial charge in [-0.1, -0.05) is 13.8 Å². The third-order valence-electron chi connectivity index (χ3n) is 2.48. The molecule has 4 heteroatoms. The molecule has 0 amide bonds. The first-order chi connectivity index (χ1) is 5.14. The van der Waals surface area contributed by atoms with Crippen LogP contribution in [0.4, 0.5) is 0 Å². The van der Waals surface area contributed by atoms with Crippen LogP contribution in [0.1, 0.15) is 33.1 Å². The third-order valence-corrected chi connectivity index (χ3v) is 2.48. The van der Waals surface area contributed by atoms with Crippen molar-refractivity contribution in [2.75, 3.05) is 0 Å². The van der Waals surface area contributed by atoms with Crippen LogP contribution in [0.15, 0.2) is 0 Å². The van der Waals surface area contributed by atoms with Gasteiger partial charge in [-0.25, -0.2) is 0 Å². The summed E-state index contributed by atoms with van der Waals surface area (Å²) in [7, 11) is 0. The average molecular weight is 188 g/mol. The largest absolute Gasteiger partial charge is 0.393 e. The number of hydrogen-bond acceptors (Lipinski definition) is 3. The second-order valence-corrected chi connectivity index (χ2v) is 2.93. The van der Waals surface area contributed by atoms with E-state index in [0.29, 0.717) is 12.8 Å². The molecule has 12 heavy (non-hydrogen) atoms. The number of cyclic esters (lactones) is 2. The van der Waals surface area contributed by atoms with Crippen molar-refractivity contribution >= 4 is 22.9 Å². The minimum absolute atomic E-state index is 0. The number of carbonyl (C=O) groups excluding carboxylic acids is 2. The molecule has 0 spiro atoms. The van der Waals surface area contributed by atoms with Gasteiger partial charge in [-0.15, -0.1) is 0 Å². The maximum Gasteiger partial charge on any atom is 0.320 e. The van der Waals surface area contributed by atoms with Gasteiger partial charge in [0.15, 0.2) is 0 Å². The van der Waals surface area contributed by atoms with Crippen molar-refractivity contribution in [1.82, 2.24) is 0 Å². The van der Waals surface area contributed by atoms with Gasteiger partial charge in [0, 0.05) is 0 Å². The Bertz CT molecular complexity index is 196. The van der Waals surface area contributed by atoms with Gasteiger partial charge in [-0.05, 0) is 23.8 Å². The SMILES string of the molecule is CCC1(CC)CC(=O)OC1=O.[SiH4]. The fourth-order valence-corrected chi connectivity index (χ4v) is 1.38. The standard InChI is InChI=1S/C8H12O3.H4Si/c1-3-8(4-2)5-6(9)11-7(8)10;/h3-5H2,1-2H3;1H4. The van der Waals surface area contributed by atoms with Gasteiger partial charge < -0.3 is 4.74 Å². The third kappa shape index (κ3) is 1.58. The van der Waals surface area contributed by atoms with Crippen LogP contribution >= 0.6 is 0 Å². The van der Waals surface area contributed by atoms with E-state index in [2.05, 4.69) is 4.74 Å². The summed E-state index contributed by atoms with van der Waals surface area (Å²) in [4.78, 5) is 21.9. The number of carbonyl (C=O) groups is 2. The zero-order valence-corrected chi connectivity index (χ0v) is 6.85. The van der Waals surface area contributed by atoms with Gasteiger partial charge in [0.25, 0.3) is 0 Å². The Morgan fingerprint density at radius 3 is 2.00 bits per heavy atom. The van der Waals surface area contributed by atoms with Crippen LogP contribution in [0.2, 0.25) is 0 Å². The van der Waals surface area contributed by atoms with E-state index < -0.39 is 5.41 Å². The number of esters is 2. The first-order valence-corrected chi connectivity index (χ1v) is 3.89. The summed E-state index contributed by atoms with van der Waals surface area (Å²) in [6.07, 6.45) is 1.64. The van der Waals surface area contributed by atoms with Gasteiger partial charge in [0.05, 0.1) is 11.8 Å². The topological polar surface area (TPSA) is 43.4 Å². The number of ether oxygens (including phenoxy) is 1. The quantitative estimate of drug-likeness (QED) is 0.343. The lowest BCUT2D eigenvalue weighted by Gasteiger charge is -2.18. The molecule has 0 aromatic heterocycles. The van der Waals surface area contributed by atoms with Crippen LogP contribution < -0.4 is 0 Å². The number of hydrogen-bond donors (Lipinski definition) is 0. The molecule has 1 aliphatic heterocycles. The van der Waals surface area contributed by atoms with Gasteiger partial charge in [0.1, 0.15) is 0 Å². The van der Waals surface area contributed by atoms with E-state index in [9.17, 15) is 9.59 Å². The van der Waals surface area contributed by atoms with Crippen molar-refractivity contribution in [1.29, 1.82) is 0 Å². The molecule has 3 nitrogen and oxygen atoms in total. The molecule has 0 N–H and O–H groups in total. The van der Waals surface area contributed by atoms with Crippen molar-refractivity contribution in [3.63, 3.8) is 0 Å². The van der Waals surface area contributed by atoms with Gasteiger partial charge in [0.2, 0.25) is 0 Å². The van der Waals surface area contributed by atoms with E-state index >= 15 is 0 Å². The van der Waals surface area contributed by atoms with Gasteiger partial charge in [-0.3, -0.25) is 9.59 Å². The first kappa shape index (κ1) is 11.4. The predicted molar refractivity (Wildman–Crippen MR) is 50.1 cm³/mol. The Morgan fingerprint density at radius 1 is 1.33 bits per heavy atom. The van der Waals surface area contributed by atoms with Gasteiger partial charge >= 0.3 is 11.9 Å². The molecule has 1 fully saturated rings. The summed E-state index contributed by atoms with van der Waals surface area (Å²) in [5.41, 5.74) is -0.503. The van der Waals surface area contributed by atoms with Crippen LogP contribution in [0.3, 0.4) is 0 Å². The molecular formula is C8H16O3Si. The zero-order chi connectivity index (χ0) is 8.48. The van der Waals surface area contributed by atoms with Crippen LogP contribution in [0.25, 0.3) is 0 Å². The fourth-order valence-electron chi connectivity index (χ4n) is 1.38. The van der Waals surface area contributed by atoms with E-state index in [4.69, 9.17) is 0 Å². The Labute approximate surface area is 76.5 Å². The molecule has 0 radical (unpaired) electrons. The van der Waals surface area contributed by atoms with E-state index in [1.807, 2.05) is 13.8 Å². The zero-order valence-electron chi connectivity index (χ0n) is 6.85. The lowest BCUT2D eigenvalue weighted by atomic mass is 9.81. The smallest absolute Gasteiger partial charge is 0.320 e. The molecule has 1 rings (SSSR count). The molecular weight excluding hydrogens is 172 g/mol.